The van der Waals surface area contributed by atoms with Crippen molar-refractivity contribution >= 4 is 42.4 Å². The van der Waals surface area contributed by atoms with Crippen LogP contribution < -0.4 is 4.72 Å². The van der Waals surface area contributed by atoms with E-state index in [1.807, 2.05) is 6.92 Å². The predicted molar refractivity (Wildman–Crippen MR) is 90.5 cm³/mol. The van der Waals surface area contributed by atoms with Crippen LogP contribution in [0.15, 0.2) is 33.6 Å². The Kier molecular flexibility index (Phi) is 4.46. The van der Waals surface area contributed by atoms with E-state index in [0.717, 1.165) is 15.0 Å². The molecule has 114 valence electrons. The smallest absolute Gasteiger partial charge is 0.255 e. The van der Waals surface area contributed by atoms with Crippen molar-refractivity contribution in [2.75, 3.05) is 4.72 Å². The van der Waals surface area contributed by atoms with E-state index in [1.54, 1.807) is 24.3 Å². The van der Waals surface area contributed by atoms with Crippen molar-refractivity contribution in [3.8, 4) is 0 Å². The van der Waals surface area contributed by atoms with Crippen LogP contribution in [0.2, 0.25) is 0 Å². The van der Waals surface area contributed by atoms with Crippen LogP contribution in [0.25, 0.3) is 0 Å². The molecule has 0 aliphatic heterocycles. The van der Waals surface area contributed by atoms with Crippen LogP contribution in [-0.2, 0) is 15.4 Å². The maximum absolute atomic E-state index is 12.3. The van der Waals surface area contributed by atoms with Crippen LogP contribution in [-0.4, -0.2) is 13.4 Å². The number of anilines is 1. The predicted octanol–water partition coefficient (Wildman–Crippen LogP) is 4.31. The van der Waals surface area contributed by atoms with Crippen molar-refractivity contribution in [2.24, 2.45) is 0 Å². The third-order valence-electron chi connectivity index (χ3n) is 2.82. The molecule has 21 heavy (non-hydrogen) atoms. The van der Waals surface area contributed by atoms with Crippen molar-refractivity contribution in [3.05, 3.63) is 39.3 Å². The highest BCUT2D eigenvalue weighted by molar-refractivity contribution is 9.10. The molecule has 0 radical (unpaired) electrons. The summed E-state index contributed by atoms with van der Waals surface area (Å²) in [6.45, 7) is 8.15. The molecule has 2 rings (SSSR count). The lowest BCUT2D eigenvalue weighted by atomic mass is 9.94. The van der Waals surface area contributed by atoms with Crippen molar-refractivity contribution in [2.45, 2.75) is 38.0 Å². The molecule has 1 heterocycles. The maximum Gasteiger partial charge on any atom is 0.263 e. The fraction of sp³-hybridized carbons (Fsp3) is 0.357. The average Bonchev–Trinajstić information content (AvgIpc) is 2.69. The van der Waals surface area contributed by atoms with Crippen molar-refractivity contribution < 1.29 is 8.42 Å². The third kappa shape index (κ3) is 3.84. The lowest BCUT2D eigenvalue weighted by molar-refractivity contribution is 0.598. The zero-order valence-corrected chi connectivity index (χ0v) is 15.5. The molecule has 0 saturated carbocycles. The Balaban J connectivity index is 2.31. The van der Waals surface area contributed by atoms with E-state index >= 15 is 0 Å². The number of aryl methyl sites for hydroxylation is 1. The summed E-state index contributed by atoms with van der Waals surface area (Å²) in [6.07, 6.45) is 0. The number of benzene rings is 1. The lowest BCUT2D eigenvalue weighted by Crippen LogP contribution is -2.12. The van der Waals surface area contributed by atoms with Gasteiger partial charge in [-0.05, 0) is 36.6 Å². The average molecular weight is 389 g/mol. The minimum Gasteiger partial charge on any atom is -0.255 e. The van der Waals surface area contributed by atoms with Gasteiger partial charge in [0.1, 0.15) is 0 Å². The molecule has 0 fully saturated rings. The first-order valence-corrected chi connectivity index (χ1v) is 9.45. The van der Waals surface area contributed by atoms with Gasteiger partial charge in [-0.25, -0.2) is 13.4 Å². The van der Waals surface area contributed by atoms with E-state index in [9.17, 15) is 8.42 Å². The molecule has 0 atom stereocenters. The number of rotatable bonds is 3. The molecular formula is C14H17BrN2O2S2. The van der Waals surface area contributed by atoms with E-state index in [-0.39, 0.29) is 10.3 Å². The van der Waals surface area contributed by atoms with Crippen molar-refractivity contribution in [1.29, 1.82) is 0 Å². The van der Waals surface area contributed by atoms with Crippen LogP contribution in [0.4, 0.5) is 5.13 Å². The number of aromatic nitrogens is 1. The Labute approximate surface area is 137 Å². The highest BCUT2D eigenvalue weighted by Crippen LogP contribution is 2.34. The molecule has 0 aliphatic rings. The summed E-state index contributed by atoms with van der Waals surface area (Å²) in [6, 6.07) is 6.50. The molecule has 1 N–H and O–H groups in total. The van der Waals surface area contributed by atoms with Gasteiger partial charge in [0.05, 0.1) is 10.6 Å². The zero-order valence-electron chi connectivity index (χ0n) is 12.3. The van der Waals surface area contributed by atoms with E-state index in [2.05, 4.69) is 46.4 Å². The highest BCUT2D eigenvalue weighted by atomic mass is 79.9. The summed E-state index contributed by atoms with van der Waals surface area (Å²) in [7, 11) is -3.60. The maximum atomic E-state index is 12.3. The highest BCUT2D eigenvalue weighted by Gasteiger charge is 2.23. The second-order valence-corrected chi connectivity index (χ2v) is 9.34. The summed E-state index contributed by atoms with van der Waals surface area (Å²) in [5, 5.41) is 0.403. The quantitative estimate of drug-likeness (QED) is 0.851. The second-order valence-electron chi connectivity index (χ2n) is 5.74. The first-order chi connectivity index (χ1) is 9.59. The topological polar surface area (TPSA) is 59.1 Å². The summed E-state index contributed by atoms with van der Waals surface area (Å²) in [4.78, 5) is 5.62. The van der Waals surface area contributed by atoms with Gasteiger partial charge in [0.25, 0.3) is 10.0 Å². The van der Waals surface area contributed by atoms with Crippen LogP contribution in [0.3, 0.4) is 0 Å². The Morgan fingerprint density at radius 3 is 2.24 bits per heavy atom. The molecule has 0 spiro atoms. The van der Waals surface area contributed by atoms with Gasteiger partial charge in [0.2, 0.25) is 0 Å². The van der Waals surface area contributed by atoms with Crippen LogP contribution >= 0.6 is 27.3 Å². The second kappa shape index (κ2) is 5.70. The van der Waals surface area contributed by atoms with Gasteiger partial charge in [-0.1, -0.05) is 36.7 Å². The lowest BCUT2D eigenvalue weighted by Gasteiger charge is -2.16. The largest absolute Gasteiger partial charge is 0.263 e. The normalized spacial score (nSPS) is 12.4. The number of thiazole rings is 1. The molecule has 0 amide bonds. The summed E-state index contributed by atoms with van der Waals surface area (Å²) < 4.78 is 28.0. The van der Waals surface area contributed by atoms with Gasteiger partial charge in [0, 0.05) is 9.35 Å². The Morgan fingerprint density at radius 2 is 1.76 bits per heavy atom. The SMILES string of the molecule is Cc1nc(NS(=O)(=O)c2ccc(Br)cc2)sc1C(C)(C)C. The molecule has 1 aromatic carbocycles. The number of nitrogens with one attached hydrogen (secondary N) is 1. The van der Waals surface area contributed by atoms with E-state index in [1.165, 1.54) is 11.3 Å². The molecule has 0 aliphatic carbocycles. The number of hydrogen-bond donors (Lipinski definition) is 1. The molecule has 1 aromatic heterocycles. The van der Waals surface area contributed by atoms with E-state index in [4.69, 9.17) is 0 Å². The monoisotopic (exact) mass is 388 g/mol. The molecule has 0 saturated heterocycles. The number of nitrogens with zero attached hydrogens (tertiary/aromatic N) is 1. The Morgan fingerprint density at radius 1 is 1.19 bits per heavy atom. The third-order valence-corrected chi connectivity index (χ3v) is 6.33. The molecule has 0 unspecified atom stereocenters. The molecular weight excluding hydrogens is 372 g/mol. The van der Waals surface area contributed by atoms with Crippen molar-refractivity contribution in [1.82, 2.24) is 4.98 Å². The van der Waals surface area contributed by atoms with Gasteiger partial charge in [-0.15, -0.1) is 11.3 Å². The summed E-state index contributed by atoms with van der Waals surface area (Å²) in [5.74, 6) is 0. The molecule has 2 aromatic rings. The number of hydrogen-bond acceptors (Lipinski definition) is 4. The fourth-order valence-electron chi connectivity index (χ4n) is 1.92. The molecule has 0 bridgehead atoms. The van der Waals surface area contributed by atoms with Crippen molar-refractivity contribution in [3.63, 3.8) is 0 Å². The van der Waals surface area contributed by atoms with Crippen LogP contribution in [0.5, 0.6) is 0 Å². The minimum absolute atomic E-state index is 0.0525. The summed E-state index contributed by atoms with van der Waals surface area (Å²) in [5.41, 5.74) is 0.810. The zero-order chi connectivity index (χ0) is 15.8. The van der Waals surface area contributed by atoms with Gasteiger partial charge in [0.15, 0.2) is 5.13 Å². The van der Waals surface area contributed by atoms with Gasteiger partial charge in [-0.2, -0.15) is 0 Å². The van der Waals surface area contributed by atoms with E-state index < -0.39 is 10.0 Å². The van der Waals surface area contributed by atoms with Gasteiger partial charge in [-0.3, -0.25) is 4.72 Å². The van der Waals surface area contributed by atoms with E-state index in [0.29, 0.717) is 5.13 Å². The van der Waals surface area contributed by atoms with Crippen LogP contribution in [0, 0.1) is 6.92 Å². The Hall–Kier alpha value is -0.920. The first-order valence-electron chi connectivity index (χ1n) is 6.36. The van der Waals surface area contributed by atoms with Gasteiger partial charge >= 0.3 is 0 Å². The fourth-order valence-corrected chi connectivity index (χ4v) is 4.45. The molecule has 7 heteroatoms. The number of sulfonamides is 1. The van der Waals surface area contributed by atoms with Crippen LogP contribution in [0.1, 0.15) is 31.3 Å². The van der Waals surface area contributed by atoms with Gasteiger partial charge < -0.3 is 0 Å². The number of halogens is 1. The first kappa shape index (κ1) is 16.5. The molecule has 4 nitrogen and oxygen atoms in total. The summed E-state index contributed by atoms with van der Waals surface area (Å²) >= 11 is 4.67. The standard InChI is InChI=1S/C14H17BrN2O2S2/c1-9-12(14(2,3)4)20-13(16-9)17-21(18,19)11-7-5-10(15)6-8-11/h5-8H,1-4H3,(H,16,17). The minimum atomic E-state index is -3.60. The Bertz CT molecular complexity index is 744.